The van der Waals surface area contributed by atoms with Gasteiger partial charge in [0.2, 0.25) is 0 Å². The zero-order valence-electron chi connectivity index (χ0n) is 13.2. The van der Waals surface area contributed by atoms with Crippen LogP contribution >= 0.6 is 15.9 Å². The van der Waals surface area contributed by atoms with Gasteiger partial charge in [-0.1, -0.05) is 13.8 Å². The SMILES string of the molecule is CCNC(Cc1c(Br)c(CC)nn1C)c1cnccc1C. The van der Waals surface area contributed by atoms with Gasteiger partial charge in [-0.2, -0.15) is 5.10 Å². The molecular weight excluding hydrogens is 328 g/mol. The molecule has 2 heterocycles. The van der Waals surface area contributed by atoms with Gasteiger partial charge in [0.25, 0.3) is 0 Å². The van der Waals surface area contributed by atoms with Crippen LogP contribution in [0.4, 0.5) is 0 Å². The highest BCUT2D eigenvalue weighted by Gasteiger charge is 2.19. The molecule has 0 aromatic carbocycles. The minimum Gasteiger partial charge on any atom is -0.310 e. The molecule has 0 aliphatic carbocycles. The lowest BCUT2D eigenvalue weighted by Gasteiger charge is -2.20. The maximum atomic E-state index is 4.58. The van der Waals surface area contributed by atoms with Crippen LogP contribution in [0.15, 0.2) is 22.9 Å². The summed E-state index contributed by atoms with van der Waals surface area (Å²) in [5.74, 6) is 0. The van der Waals surface area contributed by atoms with E-state index < -0.39 is 0 Å². The van der Waals surface area contributed by atoms with E-state index in [1.807, 2.05) is 24.1 Å². The van der Waals surface area contributed by atoms with Crippen LogP contribution in [0.25, 0.3) is 0 Å². The zero-order chi connectivity index (χ0) is 15.4. The van der Waals surface area contributed by atoms with E-state index in [4.69, 9.17) is 0 Å². The highest BCUT2D eigenvalue weighted by molar-refractivity contribution is 9.10. The normalized spacial score (nSPS) is 12.6. The number of likely N-dealkylation sites (N-methyl/N-ethyl adjacent to an activating group) is 1. The number of pyridine rings is 1. The molecule has 1 N–H and O–H groups in total. The van der Waals surface area contributed by atoms with Crippen LogP contribution < -0.4 is 5.32 Å². The predicted molar refractivity (Wildman–Crippen MR) is 89.4 cm³/mol. The molecule has 2 aromatic rings. The molecule has 5 heteroatoms. The maximum absolute atomic E-state index is 4.58. The Bertz CT molecular complexity index is 606. The van der Waals surface area contributed by atoms with Gasteiger partial charge in [0.05, 0.1) is 15.9 Å². The molecule has 0 fully saturated rings. The van der Waals surface area contributed by atoms with Crippen molar-refractivity contribution in [1.82, 2.24) is 20.1 Å². The fourth-order valence-corrected chi connectivity index (χ4v) is 3.39. The largest absolute Gasteiger partial charge is 0.310 e. The monoisotopic (exact) mass is 350 g/mol. The first-order valence-corrected chi connectivity index (χ1v) is 8.21. The quantitative estimate of drug-likeness (QED) is 0.868. The van der Waals surface area contributed by atoms with E-state index in [2.05, 4.69) is 58.2 Å². The molecule has 2 aromatic heterocycles. The smallest absolute Gasteiger partial charge is 0.0766 e. The molecule has 0 aliphatic heterocycles. The average molecular weight is 351 g/mol. The van der Waals surface area contributed by atoms with Gasteiger partial charge in [0.1, 0.15) is 0 Å². The van der Waals surface area contributed by atoms with Crippen LogP contribution in [-0.4, -0.2) is 21.3 Å². The fraction of sp³-hybridized carbons (Fsp3) is 0.500. The zero-order valence-corrected chi connectivity index (χ0v) is 14.7. The minimum absolute atomic E-state index is 0.250. The fourth-order valence-electron chi connectivity index (χ4n) is 2.61. The first kappa shape index (κ1) is 16.2. The number of nitrogens with one attached hydrogen (secondary N) is 1. The molecule has 114 valence electrons. The van der Waals surface area contributed by atoms with Crippen molar-refractivity contribution in [2.45, 2.75) is 39.7 Å². The van der Waals surface area contributed by atoms with E-state index in [1.54, 1.807) is 0 Å². The Balaban J connectivity index is 2.33. The van der Waals surface area contributed by atoms with Crippen molar-refractivity contribution < 1.29 is 0 Å². The Kier molecular flexibility index (Phi) is 5.53. The third kappa shape index (κ3) is 3.52. The third-order valence-electron chi connectivity index (χ3n) is 3.81. The van der Waals surface area contributed by atoms with Crippen molar-refractivity contribution in [3.8, 4) is 0 Å². The summed E-state index contributed by atoms with van der Waals surface area (Å²) >= 11 is 3.71. The molecule has 0 saturated carbocycles. The van der Waals surface area contributed by atoms with Crippen LogP contribution in [-0.2, 0) is 19.9 Å². The van der Waals surface area contributed by atoms with E-state index in [0.717, 1.165) is 29.6 Å². The average Bonchev–Trinajstić information content (AvgIpc) is 2.74. The second-order valence-electron chi connectivity index (χ2n) is 5.23. The molecule has 0 amide bonds. The van der Waals surface area contributed by atoms with Crippen molar-refractivity contribution in [2.24, 2.45) is 7.05 Å². The molecule has 0 bridgehead atoms. The maximum Gasteiger partial charge on any atom is 0.0766 e. The summed E-state index contributed by atoms with van der Waals surface area (Å²) in [6.07, 6.45) is 5.64. The van der Waals surface area contributed by atoms with Gasteiger partial charge in [0.15, 0.2) is 0 Å². The Labute approximate surface area is 135 Å². The summed E-state index contributed by atoms with van der Waals surface area (Å²) in [6.45, 7) is 7.32. The summed E-state index contributed by atoms with van der Waals surface area (Å²) in [5.41, 5.74) is 4.86. The first-order chi connectivity index (χ1) is 10.1. The molecule has 0 spiro atoms. The van der Waals surface area contributed by atoms with Gasteiger partial charge in [-0.05, 0) is 53.0 Å². The number of nitrogens with zero attached hydrogens (tertiary/aromatic N) is 3. The minimum atomic E-state index is 0.250. The molecule has 2 rings (SSSR count). The van der Waals surface area contributed by atoms with E-state index in [-0.39, 0.29) is 6.04 Å². The van der Waals surface area contributed by atoms with Crippen molar-refractivity contribution >= 4 is 15.9 Å². The lowest BCUT2D eigenvalue weighted by Crippen LogP contribution is -2.25. The van der Waals surface area contributed by atoms with E-state index >= 15 is 0 Å². The second-order valence-corrected chi connectivity index (χ2v) is 6.02. The van der Waals surface area contributed by atoms with Crippen LogP contribution in [0.2, 0.25) is 0 Å². The third-order valence-corrected chi connectivity index (χ3v) is 4.72. The van der Waals surface area contributed by atoms with Crippen LogP contribution in [0.5, 0.6) is 0 Å². The Morgan fingerprint density at radius 1 is 1.38 bits per heavy atom. The summed E-state index contributed by atoms with van der Waals surface area (Å²) in [6, 6.07) is 2.32. The molecule has 0 aliphatic rings. The highest BCUT2D eigenvalue weighted by atomic mass is 79.9. The topological polar surface area (TPSA) is 42.7 Å². The van der Waals surface area contributed by atoms with Gasteiger partial charge in [-0.15, -0.1) is 0 Å². The molecule has 1 unspecified atom stereocenters. The number of aryl methyl sites for hydroxylation is 3. The lowest BCUT2D eigenvalue weighted by molar-refractivity contribution is 0.524. The molecule has 4 nitrogen and oxygen atoms in total. The first-order valence-electron chi connectivity index (χ1n) is 7.42. The van der Waals surface area contributed by atoms with Gasteiger partial charge >= 0.3 is 0 Å². The number of hydrogen-bond donors (Lipinski definition) is 1. The summed E-state index contributed by atoms with van der Waals surface area (Å²) in [5, 5.41) is 8.15. The van der Waals surface area contributed by atoms with E-state index in [9.17, 15) is 0 Å². The van der Waals surface area contributed by atoms with Gasteiger partial charge in [-0.25, -0.2) is 0 Å². The Hall–Kier alpha value is -1.20. The van der Waals surface area contributed by atoms with Crippen molar-refractivity contribution in [3.63, 3.8) is 0 Å². The summed E-state index contributed by atoms with van der Waals surface area (Å²) in [7, 11) is 2.01. The predicted octanol–water partition coefficient (Wildman–Crippen LogP) is 3.34. The standard InChI is InChI=1S/C16H23BrN4/c1-5-13-16(17)15(21(4)20-13)9-14(19-6-2)12-10-18-8-7-11(12)3/h7-8,10,14,19H,5-6,9H2,1-4H3. The van der Waals surface area contributed by atoms with Crippen molar-refractivity contribution in [2.75, 3.05) is 6.54 Å². The summed E-state index contributed by atoms with van der Waals surface area (Å²) < 4.78 is 3.12. The van der Waals surface area contributed by atoms with Gasteiger partial charge < -0.3 is 5.32 Å². The van der Waals surface area contributed by atoms with E-state index in [0.29, 0.717) is 0 Å². The van der Waals surface area contributed by atoms with E-state index in [1.165, 1.54) is 16.8 Å². The second kappa shape index (κ2) is 7.18. The van der Waals surface area contributed by atoms with Gasteiger partial charge in [0, 0.05) is 31.9 Å². The molecule has 1 atom stereocenters. The number of rotatable bonds is 6. The van der Waals surface area contributed by atoms with Crippen molar-refractivity contribution in [1.29, 1.82) is 0 Å². The Morgan fingerprint density at radius 2 is 2.14 bits per heavy atom. The molecular formula is C16H23BrN4. The van der Waals surface area contributed by atoms with Gasteiger partial charge in [-0.3, -0.25) is 9.67 Å². The highest BCUT2D eigenvalue weighted by Crippen LogP contribution is 2.27. The number of aromatic nitrogens is 3. The van der Waals surface area contributed by atoms with Crippen molar-refractivity contribution in [3.05, 3.63) is 45.4 Å². The summed E-state index contributed by atoms with van der Waals surface area (Å²) in [4.78, 5) is 4.28. The van der Waals surface area contributed by atoms with Crippen LogP contribution in [0, 0.1) is 6.92 Å². The number of halogens is 1. The Morgan fingerprint density at radius 3 is 2.71 bits per heavy atom. The van der Waals surface area contributed by atoms with Crippen LogP contribution in [0.3, 0.4) is 0 Å². The van der Waals surface area contributed by atoms with Crippen LogP contribution in [0.1, 0.15) is 42.4 Å². The molecule has 0 saturated heterocycles. The number of hydrogen-bond acceptors (Lipinski definition) is 3. The lowest BCUT2D eigenvalue weighted by atomic mass is 9.99. The molecule has 0 radical (unpaired) electrons. The molecule has 21 heavy (non-hydrogen) atoms.